The van der Waals surface area contributed by atoms with E-state index in [2.05, 4.69) is 79.4 Å². The van der Waals surface area contributed by atoms with E-state index in [0.29, 0.717) is 5.75 Å². The van der Waals surface area contributed by atoms with Crippen molar-refractivity contribution in [2.24, 2.45) is 0 Å². The zero-order chi connectivity index (χ0) is 24.3. The number of ether oxygens (including phenoxy) is 3. The molecule has 0 fully saturated rings. The molecule has 0 saturated heterocycles. The number of carbonyl (C=O) groups is 1. The van der Waals surface area contributed by atoms with Gasteiger partial charge in [-0.3, -0.25) is 0 Å². The highest BCUT2D eigenvalue weighted by Crippen LogP contribution is 2.56. The second kappa shape index (κ2) is 9.51. The Bertz CT molecular complexity index is 1310. The number of hydrogen-bond acceptors (Lipinski definition) is 4. The van der Waals surface area contributed by atoms with Gasteiger partial charge in [0.2, 0.25) is 0 Å². The predicted molar refractivity (Wildman–Crippen MR) is 137 cm³/mol. The van der Waals surface area contributed by atoms with Gasteiger partial charge in [0.15, 0.2) is 0 Å². The third kappa shape index (κ3) is 3.87. The van der Waals surface area contributed by atoms with E-state index < -0.39 is 11.4 Å². The molecule has 4 heteroatoms. The number of fused-ring (bicyclic) bond motifs is 3. The Kier molecular flexibility index (Phi) is 6.11. The molecule has 4 aromatic rings. The molecule has 4 nitrogen and oxygen atoms in total. The molecule has 0 aromatic heterocycles. The number of rotatable bonds is 8. The smallest absolute Gasteiger partial charge is 0.330 e. The van der Waals surface area contributed by atoms with Crippen LogP contribution in [0.5, 0.6) is 11.5 Å². The highest BCUT2D eigenvalue weighted by atomic mass is 16.6. The SMILES string of the molecule is C=CC(=O)OCCOc1ccc(C2(c3ccc(OC)cc3)c3ccccc3-c3ccccc32)cc1. The van der Waals surface area contributed by atoms with Crippen LogP contribution in [0.25, 0.3) is 11.1 Å². The molecular weight excluding hydrogens is 436 g/mol. The summed E-state index contributed by atoms with van der Waals surface area (Å²) in [6.45, 7) is 3.84. The van der Waals surface area contributed by atoms with Crippen LogP contribution in [0.2, 0.25) is 0 Å². The zero-order valence-corrected chi connectivity index (χ0v) is 19.6. The van der Waals surface area contributed by atoms with Crippen molar-refractivity contribution in [3.8, 4) is 22.6 Å². The van der Waals surface area contributed by atoms with E-state index >= 15 is 0 Å². The van der Waals surface area contributed by atoms with Gasteiger partial charge in [-0.25, -0.2) is 4.79 Å². The summed E-state index contributed by atoms with van der Waals surface area (Å²) in [7, 11) is 1.68. The van der Waals surface area contributed by atoms with Crippen LogP contribution in [0.15, 0.2) is 110 Å². The lowest BCUT2D eigenvalue weighted by Gasteiger charge is -2.34. The summed E-state index contributed by atoms with van der Waals surface area (Å²) in [6, 6.07) is 33.7. The summed E-state index contributed by atoms with van der Waals surface area (Å²) < 4.78 is 16.2. The summed E-state index contributed by atoms with van der Waals surface area (Å²) >= 11 is 0. The van der Waals surface area contributed by atoms with Gasteiger partial charge >= 0.3 is 5.97 Å². The minimum absolute atomic E-state index is 0.170. The molecule has 0 spiro atoms. The Balaban J connectivity index is 1.59. The van der Waals surface area contributed by atoms with Gasteiger partial charge in [0.25, 0.3) is 0 Å². The molecule has 0 amide bonds. The quantitative estimate of drug-likeness (QED) is 0.157. The number of benzene rings is 4. The summed E-state index contributed by atoms with van der Waals surface area (Å²) in [4.78, 5) is 11.2. The maximum Gasteiger partial charge on any atom is 0.330 e. The minimum Gasteiger partial charge on any atom is -0.497 e. The van der Waals surface area contributed by atoms with Gasteiger partial charge in [-0.2, -0.15) is 0 Å². The van der Waals surface area contributed by atoms with Gasteiger partial charge in [0.05, 0.1) is 12.5 Å². The monoisotopic (exact) mass is 462 g/mol. The molecule has 5 rings (SSSR count). The molecule has 0 N–H and O–H groups in total. The van der Waals surface area contributed by atoms with Crippen LogP contribution in [0, 0.1) is 0 Å². The predicted octanol–water partition coefficient (Wildman–Crippen LogP) is 6.17. The van der Waals surface area contributed by atoms with E-state index in [-0.39, 0.29) is 13.2 Å². The molecule has 1 aliphatic rings. The van der Waals surface area contributed by atoms with Gasteiger partial charge in [-0.15, -0.1) is 0 Å². The van der Waals surface area contributed by atoms with Gasteiger partial charge < -0.3 is 14.2 Å². The van der Waals surface area contributed by atoms with Crippen LogP contribution in [0.4, 0.5) is 0 Å². The van der Waals surface area contributed by atoms with Crippen molar-refractivity contribution < 1.29 is 19.0 Å². The lowest BCUT2D eigenvalue weighted by molar-refractivity contribution is -0.138. The van der Waals surface area contributed by atoms with Crippen LogP contribution in [-0.2, 0) is 14.9 Å². The standard InChI is InChI=1S/C31H26O4/c1-3-30(32)35-21-20-34-25-18-14-23(15-19-25)31(22-12-16-24(33-2)17-13-22)28-10-6-4-8-26(28)27-9-5-7-11-29(27)31/h3-19H,1,20-21H2,2H3. The van der Waals surface area contributed by atoms with Crippen LogP contribution >= 0.6 is 0 Å². The number of hydrogen-bond donors (Lipinski definition) is 0. The molecule has 0 unspecified atom stereocenters. The van der Waals surface area contributed by atoms with Crippen molar-refractivity contribution in [2.45, 2.75) is 5.41 Å². The number of esters is 1. The van der Waals surface area contributed by atoms with Gasteiger partial charge in [-0.1, -0.05) is 79.4 Å². The maximum atomic E-state index is 11.2. The molecule has 0 aliphatic heterocycles. The van der Waals surface area contributed by atoms with E-state index in [1.807, 2.05) is 24.3 Å². The highest BCUT2D eigenvalue weighted by molar-refractivity contribution is 5.86. The van der Waals surface area contributed by atoms with Gasteiger partial charge in [0.1, 0.15) is 24.7 Å². The molecule has 174 valence electrons. The molecular formula is C31H26O4. The Morgan fingerprint density at radius 3 is 1.77 bits per heavy atom. The fourth-order valence-electron chi connectivity index (χ4n) is 5.03. The van der Waals surface area contributed by atoms with Crippen LogP contribution in [-0.4, -0.2) is 26.3 Å². The fourth-order valence-corrected chi connectivity index (χ4v) is 5.03. The van der Waals surface area contributed by atoms with Crippen LogP contribution in [0.1, 0.15) is 22.3 Å². The first-order valence-corrected chi connectivity index (χ1v) is 11.5. The average Bonchev–Trinajstić information content (AvgIpc) is 3.22. The molecule has 0 radical (unpaired) electrons. The lowest BCUT2D eigenvalue weighted by atomic mass is 9.68. The molecule has 1 aliphatic carbocycles. The largest absolute Gasteiger partial charge is 0.497 e. The first kappa shape index (κ1) is 22.5. The summed E-state index contributed by atoms with van der Waals surface area (Å²) in [5.74, 6) is 1.08. The van der Waals surface area contributed by atoms with E-state index in [9.17, 15) is 4.79 Å². The molecule has 0 saturated carbocycles. The fraction of sp³-hybridized carbons (Fsp3) is 0.129. The minimum atomic E-state index is -0.475. The van der Waals surface area contributed by atoms with Crippen molar-refractivity contribution in [3.05, 3.63) is 132 Å². The third-order valence-corrected chi connectivity index (χ3v) is 6.53. The van der Waals surface area contributed by atoms with Crippen molar-refractivity contribution >= 4 is 5.97 Å². The molecule has 0 atom stereocenters. The Labute approximate surface area is 205 Å². The molecule has 0 bridgehead atoms. The van der Waals surface area contributed by atoms with Crippen molar-refractivity contribution in [2.75, 3.05) is 20.3 Å². The average molecular weight is 463 g/mol. The number of carbonyl (C=O) groups excluding carboxylic acids is 1. The highest BCUT2D eigenvalue weighted by Gasteiger charge is 2.45. The van der Waals surface area contributed by atoms with Crippen LogP contribution < -0.4 is 9.47 Å². The molecule has 4 aromatic carbocycles. The van der Waals surface area contributed by atoms with E-state index in [1.54, 1.807) is 7.11 Å². The summed E-state index contributed by atoms with van der Waals surface area (Å²) in [5.41, 5.74) is 6.81. The molecule has 0 heterocycles. The Morgan fingerprint density at radius 2 is 1.26 bits per heavy atom. The topological polar surface area (TPSA) is 44.8 Å². The maximum absolute atomic E-state index is 11.2. The third-order valence-electron chi connectivity index (χ3n) is 6.53. The van der Waals surface area contributed by atoms with Crippen molar-refractivity contribution in [1.29, 1.82) is 0 Å². The van der Waals surface area contributed by atoms with Gasteiger partial charge in [-0.05, 0) is 57.6 Å². The second-order valence-corrected chi connectivity index (χ2v) is 8.31. The Morgan fingerprint density at radius 1 is 0.743 bits per heavy atom. The first-order chi connectivity index (χ1) is 17.2. The zero-order valence-electron chi connectivity index (χ0n) is 19.6. The van der Waals surface area contributed by atoms with E-state index in [1.165, 1.54) is 27.8 Å². The van der Waals surface area contributed by atoms with Crippen molar-refractivity contribution in [3.63, 3.8) is 0 Å². The van der Waals surface area contributed by atoms with Crippen molar-refractivity contribution in [1.82, 2.24) is 0 Å². The lowest BCUT2D eigenvalue weighted by Crippen LogP contribution is -2.28. The first-order valence-electron chi connectivity index (χ1n) is 11.5. The number of methoxy groups -OCH3 is 1. The Hall–Kier alpha value is -4.31. The van der Waals surface area contributed by atoms with Crippen LogP contribution in [0.3, 0.4) is 0 Å². The van der Waals surface area contributed by atoms with Gasteiger partial charge in [0, 0.05) is 6.08 Å². The van der Waals surface area contributed by atoms with E-state index in [0.717, 1.165) is 17.4 Å². The van der Waals surface area contributed by atoms with E-state index in [4.69, 9.17) is 14.2 Å². The molecule has 35 heavy (non-hydrogen) atoms. The normalized spacial score (nSPS) is 12.8. The summed E-state index contributed by atoms with van der Waals surface area (Å²) in [5, 5.41) is 0. The second-order valence-electron chi connectivity index (χ2n) is 8.31. The summed E-state index contributed by atoms with van der Waals surface area (Å²) in [6.07, 6.45) is 1.14.